The second-order valence-corrected chi connectivity index (χ2v) is 20.4. The maximum absolute atomic E-state index is 12.5. The molecule has 0 N–H and O–H groups in total. The van der Waals surface area contributed by atoms with Gasteiger partial charge in [-0.3, -0.25) is 0 Å². The molecule has 0 aromatic heterocycles. The minimum Gasteiger partial charge on any atom is -0.425 e. The fraction of sp³-hybridized carbons (Fsp3) is 1.00. The van der Waals surface area contributed by atoms with E-state index in [0.29, 0.717) is 0 Å². The molecule has 0 aliphatic carbocycles. The highest BCUT2D eigenvalue weighted by atomic mass is 28.5. The molecular formula is C8H23F3O5Si5. The first-order chi connectivity index (χ1) is 9.33. The normalized spacial score (nSPS) is 33.1. The molecule has 0 aromatic rings. The predicted molar refractivity (Wildman–Crippen MR) is 84.6 cm³/mol. The van der Waals surface area contributed by atoms with Gasteiger partial charge in [0, 0.05) is 6.42 Å². The van der Waals surface area contributed by atoms with E-state index in [-0.39, 0.29) is 6.04 Å². The lowest BCUT2D eigenvalue weighted by molar-refractivity contribution is -0.131. The quantitative estimate of drug-likeness (QED) is 0.662. The summed E-state index contributed by atoms with van der Waals surface area (Å²) in [5.41, 5.74) is 0. The Hall–Kier alpha value is 0.674. The third-order valence-electron chi connectivity index (χ3n) is 2.75. The smallest absolute Gasteiger partial charge is 0.389 e. The van der Waals surface area contributed by atoms with Crippen molar-refractivity contribution in [2.45, 2.75) is 51.4 Å². The maximum atomic E-state index is 12.5. The Labute approximate surface area is 131 Å². The van der Waals surface area contributed by atoms with Gasteiger partial charge in [0.05, 0.1) is 0 Å². The van der Waals surface area contributed by atoms with Crippen LogP contribution in [0.3, 0.4) is 0 Å². The van der Waals surface area contributed by atoms with Crippen molar-refractivity contribution in [1.82, 2.24) is 0 Å². The van der Waals surface area contributed by atoms with Crippen LogP contribution < -0.4 is 0 Å². The van der Waals surface area contributed by atoms with E-state index in [1.54, 1.807) is 6.55 Å². The lowest BCUT2D eigenvalue weighted by Crippen LogP contribution is -2.57. The molecule has 126 valence electrons. The summed E-state index contributed by atoms with van der Waals surface area (Å²) in [6, 6.07) is -0.128. The summed E-state index contributed by atoms with van der Waals surface area (Å²) in [4.78, 5) is 0. The van der Waals surface area contributed by atoms with Gasteiger partial charge in [0.25, 0.3) is 20.0 Å². The molecule has 1 rings (SSSR count). The van der Waals surface area contributed by atoms with Gasteiger partial charge in [-0.15, -0.1) is 0 Å². The van der Waals surface area contributed by atoms with Crippen LogP contribution in [0.4, 0.5) is 13.2 Å². The summed E-state index contributed by atoms with van der Waals surface area (Å²) in [6.45, 7) is 9.14. The number of halogens is 3. The van der Waals surface area contributed by atoms with Crippen LogP contribution >= 0.6 is 0 Å². The van der Waals surface area contributed by atoms with E-state index < -0.39 is 58.3 Å². The van der Waals surface area contributed by atoms with Crippen molar-refractivity contribution in [2.24, 2.45) is 0 Å². The zero-order valence-electron chi connectivity index (χ0n) is 13.0. The molecular weight excluding hydrogens is 374 g/mol. The lowest BCUT2D eigenvalue weighted by Gasteiger charge is -2.40. The number of hydrogen-bond donors (Lipinski definition) is 0. The third kappa shape index (κ3) is 8.19. The molecule has 0 amide bonds. The average molecular weight is 397 g/mol. The molecule has 1 aliphatic rings. The van der Waals surface area contributed by atoms with Gasteiger partial charge in [0.1, 0.15) is 0 Å². The SMILES string of the molecule is C[Si]1(C)O[SiH2]O[SiH2]O[Si](C)(CCC(F)(F)F)O[Si](C)(C)O1. The summed E-state index contributed by atoms with van der Waals surface area (Å²) in [5.74, 6) is 0. The lowest BCUT2D eigenvalue weighted by atomic mass is 10.5. The van der Waals surface area contributed by atoms with Crippen LogP contribution in [0.15, 0.2) is 0 Å². The molecule has 0 aromatic carbocycles. The Morgan fingerprint density at radius 3 is 2.00 bits per heavy atom. The molecule has 1 fully saturated rings. The van der Waals surface area contributed by atoms with Crippen LogP contribution in [0.5, 0.6) is 0 Å². The number of hydrogen-bond acceptors (Lipinski definition) is 5. The predicted octanol–water partition coefficient (Wildman–Crippen LogP) is 1.51. The molecule has 5 nitrogen and oxygen atoms in total. The molecule has 1 unspecified atom stereocenters. The summed E-state index contributed by atoms with van der Waals surface area (Å²) < 4.78 is 66.2. The number of rotatable bonds is 2. The monoisotopic (exact) mass is 396 g/mol. The van der Waals surface area contributed by atoms with E-state index in [9.17, 15) is 13.2 Å². The van der Waals surface area contributed by atoms with E-state index in [1.165, 1.54) is 0 Å². The zero-order chi connectivity index (χ0) is 16.4. The molecule has 0 radical (unpaired) electrons. The number of alkyl halides is 3. The van der Waals surface area contributed by atoms with Crippen molar-refractivity contribution in [3.05, 3.63) is 0 Å². The van der Waals surface area contributed by atoms with Crippen molar-refractivity contribution in [1.29, 1.82) is 0 Å². The molecule has 13 heteroatoms. The fourth-order valence-corrected chi connectivity index (χ4v) is 19.3. The topological polar surface area (TPSA) is 46.2 Å². The fourth-order valence-electron chi connectivity index (χ4n) is 2.07. The first kappa shape index (κ1) is 19.7. The van der Waals surface area contributed by atoms with E-state index >= 15 is 0 Å². The summed E-state index contributed by atoms with van der Waals surface area (Å²) in [7, 11) is -10.4. The van der Waals surface area contributed by atoms with Crippen LogP contribution in [0.1, 0.15) is 6.42 Å². The van der Waals surface area contributed by atoms with Gasteiger partial charge in [0.15, 0.2) is 0 Å². The van der Waals surface area contributed by atoms with Crippen molar-refractivity contribution in [2.75, 3.05) is 0 Å². The Bertz CT molecular complexity index is 356. The second kappa shape index (κ2) is 7.06. The Morgan fingerprint density at radius 1 is 0.857 bits per heavy atom. The van der Waals surface area contributed by atoms with E-state index in [0.717, 1.165) is 0 Å². The minimum atomic E-state index is -4.21. The van der Waals surface area contributed by atoms with Gasteiger partial charge in [-0.2, -0.15) is 13.2 Å². The third-order valence-corrected chi connectivity index (χ3v) is 19.0. The van der Waals surface area contributed by atoms with Gasteiger partial charge in [-0.25, -0.2) is 0 Å². The van der Waals surface area contributed by atoms with Crippen LogP contribution in [0, 0.1) is 0 Å². The van der Waals surface area contributed by atoms with E-state index in [4.69, 9.17) is 20.6 Å². The molecule has 1 atom stereocenters. The van der Waals surface area contributed by atoms with Crippen LogP contribution in [0.25, 0.3) is 0 Å². The first-order valence-electron chi connectivity index (χ1n) is 6.65. The Kier molecular flexibility index (Phi) is 6.63. The standard InChI is InChI=1S/C8H23F3O5Si5/c1-19(2)13-17-12-18-14-21(5,7-6-8(9,10)11)16-20(3,4)15-19/h6-7,17-18H2,1-5H3. The highest BCUT2D eigenvalue weighted by molar-refractivity contribution is 6.86. The summed E-state index contributed by atoms with van der Waals surface area (Å²) in [6.07, 6.45) is -5.11. The Morgan fingerprint density at radius 2 is 1.43 bits per heavy atom. The van der Waals surface area contributed by atoms with Crippen LogP contribution in [-0.4, -0.2) is 51.9 Å². The molecule has 1 saturated heterocycles. The summed E-state index contributed by atoms with van der Waals surface area (Å²) >= 11 is 0. The molecule has 0 bridgehead atoms. The highest BCUT2D eigenvalue weighted by Gasteiger charge is 2.46. The highest BCUT2D eigenvalue weighted by Crippen LogP contribution is 2.30. The largest absolute Gasteiger partial charge is 0.425 e. The van der Waals surface area contributed by atoms with E-state index in [1.807, 2.05) is 26.2 Å². The van der Waals surface area contributed by atoms with Gasteiger partial charge in [-0.1, -0.05) is 0 Å². The maximum Gasteiger partial charge on any atom is 0.389 e. The van der Waals surface area contributed by atoms with Crippen LogP contribution in [0.2, 0.25) is 38.8 Å². The van der Waals surface area contributed by atoms with E-state index in [2.05, 4.69) is 0 Å². The van der Waals surface area contributed by atoms with Gasteiger partial charge >= 0.3 is 31.9 Å². The van der Waals surface area contributed by atoms with Crippen molar-refractivity contribution in [3.63, 3.8) is 0 Å². The molecule has 0 saturated carbocycles. The second-order valence-electron chi connectivity index (χ2n) is 5.98. The average Bonchev–Trinajstić information content (AvgIpc) is 2.21. The Balaban J connectivity index is 2.82. The van der Waals surface area contributed by atoms with Gasteiger partial charge in [-0.05, 0) is 38.8 Å². The minimum absolute atomic E-state index is 0.128. The van der Waals surface area contributed by atoms with Gasteiger partial charge < -0.3 is 20.6 Å². The van der Waals surface area contributed by atoms with Crippen LogP contribution in [-0.2, 0) is 20.6 Å². The molecule has 1 heterocycles. The summed E-state index contributed by atoms with van der Waals surface area (Å²) in [5, 5.41) is 0. The van der Waals surface area contributed by atoms with Crippen molar-refractivity contribution < 1.29 is 33.7 Å². The van der Waals surface area contributed by atoms with Crippen molar-refractivity contribution >= 4 is 45.7 Å². The van der Waals surface area contributed by atoms with Crippen molar-refractivity contribution in [3.8, 4) is 0 Å². The molecule has 0 spiro atoms. The molecule has 1 aliphatic heterocycles. The first-order valence-corrected chi connectivity index (χ1v) is 17.1. The van der Waals surface area contributed by atoms with Gasteiger partial charge in [0.2, 0.25) is 0 Å². The zero-order valence-corrected chi connectivity index (χ0v) is 18.8. The molecule has 21 heavy (non-hydrogen) atoms.